The number of rotatable bonds is 4. The predicted octanol–water partition coefficient (Wildman–Crippen LogP) is 3.87. The van der Waals surface area contributed by atoms with Crippen LogP contribution in [-0.2, 0) is 23.3 Å². The van der Waals surface area contributed by atoms with Crippen molar-refractivity contribution in [3.05, 3.63) is 72.6 Å². The molecule has 0 aliphatic heterocycles. The molecule has 31 heavy (non-hydrogen) atoms. The number of anilines is 1. The van der Waals surface area contributed by atoms with Crippen LogP contribution in [0.1, 0.15) is 12.6 Å². The fourth-order valence-electron chi connectivity index (χ4n) is 3.97. The van der Waals surface area contributed by atoms with Crippen LogP contribution in [-0.4, -0.2) is 27.6 Å². The minimum Gasteiger partial charge on any atom is -0.384 e. The number of fused-ring (bicyclic) bond motifs is 2. The molecule has 3 heterocycles. The molecule has 0 bridgehead atoms. The van der Waals surface area contributed by atoms with Gasteiger partial charge in [-0.3, -0.25) is 0 Å². The molecule has 8 heteroatoms. The molecule has 0 atom stereocenters. The molecular formula is C23H21N5O2S. The van der Waals surface area contributed by atoms with Gasteiger partial charge in [0.15, 0.2) is 5.65 Å². The quantitative estimate of drug-likeness (QED) is 0.466. The molecular weight excluding hydrogens is 410 g/mol. The zero-order valence-electron chi connectivity index (χ0n) is 17.1. The summed E-state index contributed by atoms with van der Waals surface area (Å²) in [4.78, 5) is 5.07. The van der Waals surface area contributed by atoms with Crippen LogP contribution < -0.4 is 5.73 Å². The van der Waals surface area contributed by atoms with Crippen LogP contribution >= 0.6 is 0 Å². The standard InChI is InChI=1S/C23H21N5O2S/c1-3-18-22(31(29,30)15-9-5-4-6-10-15)23-25-19(13-21(24)28(23)26-18)17-14-27(2)20-12-8-7-11-16(17)20/h4-14H,3,24H2,1-2H3. The van der Waals surface area contributed by atoms with Gasteiger partial charge in [0.1, 0.15) is 10.7 Å². The number of hydrogen-bond donors (Lipinski definition) is 1. The van der Waals surface area contributed by atoms with Crippen molar-refractivity contribution < 1.29 is 8.42 Å². The van der Waals surface area contributed by atoms with Gasteiger partial charge in [0.05, 0.1) is 16.3 Å². The summed E-state index contributed by atoms with van der Waals surface area (Å²) in [5.41, 5.74) is 9.55. The fraction of sp³-hybridized carbons (Fsp3) is 0.130. The van der Waals surface area contributed by atoms with Crippen LogP contribution in [0.3, 0.4) is 0 Å². The summed E-state index contributed by atoms with van der Waals surface area (Å²) in [5.74, 6) is 0.331. The fourth-order valence-corrected chi connectivity index (χ4v) is 5.59. The Morgan fingerprint density at radius 2 is 1.74 bits per heavy atom. The maximum Gasteiger partial charge on any atom is 0.212 e. The zero-order chi connectivity index (χ0) is 21.8. The number of sulfone groups is 1. The van der Waals surface area contributed by atoms with Gasteiger partial charge in [-0.1, -0.05) is 43.3 Å². The Labute approximate surface area is 179 Å². The highest BCUT2D eigenvalue weighted by Gasteiger charge is 2.29. The van der Waals surface area contributed by atoms with Gasteiger partial charge in [-0.2, -0.15) is 9.61 Å². The molecule has 0 amide bonds. The summed E-state index contributed by atoms with van der Waals surface area (Å²) < 4.78 is 30.5. The van der Waals surface area contributed by atoms with Gasteiger partial charge in [-0.25, -0.2) is 13.4 Å². The minimum atomic E-state index is -3.82. The van der Waals surface area contributed by atoms with E-state index in [2.05, 4.69) is 5.10 Å². The second-order valence-corrected chi connectivity index (χ2v) is 9.30. The van der Waals surface area contributed by atoms with E-state index in [1.807, 2.05) is 49.0 Å². The first-order chi connectivity index (χ1) is 14.9. The molecule has 0 spiro atoms. The summed E-state index contributed by atoms with van der Waals surface area (Å²) in [6.07, 6.45) is 2.42. The van der Waals surface area contributed by atoms with E-state index >= 15 is 0 Å². The van der Waals surface area contributed by atoms with Crippen LogP contribution in [0.2, 0.25) is 0 Å². The van der Waals surface area contributed by atoms with Crippen molar-refractivity contribution in [1.82, 2.24) is 19.2 Å². The van der Waals surface area contributed by atoms with Crippen LogP contribution in [0.5, 0.6) is 0 Å². The highest BCUT2D eigenvalue weighted by molar-refractivity contribution is 7.91. The largest absolute Gasteiger partial charge is 0.384 e. The average Bonchev–Trinajstić information content (AvgIpc) is 3.33. The Kier molecular flexibility index (Phi) is 4.33. The number of nitrogens with two attached hydrogens (primary N) is 1. The van der Waals surface area contributed by atoms with Crippen LogP contribution in [0, 0.1) is 0 Å². The lowest BCUT2D eigenvalue weighted by Crippen LogP contribution is -2.06. The third kappa shape index (κ3) is 2.90. The van der Waals surface area contributed by atoms with E-state index in [0.29, 0.717) is 23.6 Å². The van der Waals surface area contributed by atoms with Crippen molar-refractivity contribution in [3.8, 4) is 11.3 Å². The van der Waals surface area contributed by atoms with Gasteiger partial charge < -0.3 is 10.3 Å². The predicted molar refractivity (Wildman–Crippen MR) is 121 cm³/mol. The van der Waals surface area contributed by atoms with E-state index in [-0.39, 0.29) is 15.4 Å². The van der Waals surface area contributed by atoms with Gasteiger partial charge >= 0.3 is 0 Å². The molecule has 5 rings (SSSR count). The van der Waals surface area contributed by atoms with Gasteiger partial charge in [0, 0.05) is 35.8 Å². The monoisotopic (exact) mass is 431 g/mol. The number of para-hydroxylation sites is 1. The molecule has 0 saturated carbocycles. The number of nitrogens with zero attached hydrogens (tertiary/aromatic N) is 4. The third-order valence-electron chi connectivity index (χ3n) is 5.47. The Bertz CT molecular complexity index is 1550. The number of hydrogen-bond acceptors (Lipinski definition) is 5. The highest BCUT2D eigenvalue weighted by atomic mass is 32.2. The summed E-state index contributed by atoms with van der Waals surface area (Å²) in [6.45, 7) is 1.87. The van der Waals surface area contributed by atoms with E-state index in [9.17, 15) is 8.42 Å². The van der Waals surface area contributed by atoms with E-state index in [0.717, 1.165) is 16.5 Å². The highest BCUT2D eigenvalue weighted by Crippen LogP contribution is 2.33. The molecule has 2 aromatic carbocycles. The van der Waals surface area contributed by atoms with E-state index in [1.165, 1.54) is 4.52 Å². The molecule has 0 radical (unpaired) electrons. The van der Waals surface area contributed by atoms with Crippen LogP contribution in [0.25, 0.3) is 27.8 Å². The second-order valence-electron chi connectivity index (χ2n) is 7.42. The number of aromatic nitrogens is 4. The SMILES string of the molecule is CCc1nn2c(N)cc(-c3cn(C)c4ccccc34)nc2c1S(=O)(=O)c1ccccc1. The Hall–Kier alpha value is -3.65. The van der Waals surface area contributed by atoms with Gasteiger partial charge in [-0.15, -0.1) is 0 Å². The molecule has 156 valence electrons. The van der Waals surface area contributed by atoms with Crippen molar-refractivity contribution >= 4 is 32.2 Å². The molecule has 5 aromatic rings. The van der Waals surface area contributed by atoms with Crippen molar-refractivity contribution in [1.29, 1.82) is 0 Å². The summed E-state index contributed by atoms with van der Waals surface area (Å²) in [5, 5.41) is 5.49. The first-order valence-corrected chi connectivity index (χ1v) is 11.4. The summed E-state index contributed by atoms with van der Waals surface area (Å²) >= 11 is 0. The Morgan fingerprint density at radius 1 is 1.03 bits per heavy atom. The zero-order valence-corrected chi connectivity index (χ0v) is 18.0. The molecule has 3 aromatic heterocycles. The molecule has 7 nitrogen and oxygen atoms in total. The topological polar surface area (TPSA) is 95.3 Å². The Balaban J connectivity index is 1.83. The van der Waals surface area contributed by atoms with Crippen molar-refractivity contribution in [2.24, 2.45) is 7.05 Å². The smallest absolute Gasteiger partial charge is 0.212 e. The normalized spacial score (nSPS) is 12.1. The van der Waals surface area contributed by atoms with Crippen molar-refractivity contribution in [2.75, 3.05) is 5.73 Å². The van der Waals surface area contributed by atoms with E-state index < -0.39 is 9.84 Å². The second kappa shape index (κ2) is 6.95. The maximum atomic E-state index is 13.5. The minimum absolute atomic E-state index is 0.106. The first-order valence-electron chi connectivity index (χ1n) is 9.94. The summed E-state index contributed by atoms with van der Waals surface area (Å²) in [7, 11) is -1.86. The van der Waals surface area contributed by atoms with E-state index in [1.54, 1.807) is 36.4 Å². The lowest BCUT2D eigenvalue weighted by molar-refractivity contribution is 0.595. The van der Waals surface area contributed by atoms with Crippen LogP contribution in [0.15, 0.2) is 76.7 Å². The summed E-state index contributed by atoms with van der Waals surface area (Å²) in [6, 6.07) is 18.1. The molecule has 0 unspecified atom stereocenters. The van der Waals surface area contributed by atoms with Gasteiger partial charge in [0.2, 0.25) is 9.84 Å². The Morgan fingerprint density at radius 3 is 2.48 bits per heavy atom. The average molecular weight is 432 g/mol. The first kappa shape index (κ1) is 19.3. The number of nitrogen functional groups attached to an aromatic ring is 1. The molecule has 2 N–H and O–H groups in total. The maximum absolute atomic E-state index is 13.5. The third-order valence-corrected chi connectivity index (χ3v) is 7.32. The molecule has 0 fully saturated rings. The molecule has 0 aliphatic rings. The number of benzene rings is 2. The lowest BCUT2D eigenvalue weighted by Gasteiger charge is -2.07. The lowest BCUT2D eigenvalue weighted by atomic mass is 10.1. The van der Waals surface area contributed by atoms with Gasteiger partial charge in [-0.05, 0) is 24.6 Å². The van der Waals surface area contributed by atoms with Gasteiger partial charge in [0.25, 0.3) is 0 Å². The molecule has 0 saturated heterocycles. The van der Waals surface area contributed by atoms with Crippen LogP contribution in [0.4, 0.5) is 5.82 Å². The van der Waals surface area contributed by atoms with Crippen molar-refractivity contribution in [2.45, 2.75) is 23.1 Å². The van der Waals surface area contributed by atoms with Crippen molar-refractivity contribution in [3.63, 3.8) is 0 Å². The number of aryl methyl sites for hydroxylation is 2. The molecule has 0 aliphatic carbocycles. The van der Waals surface area contributed by atoms with E-state index in [4.69, 9.17) is 10.7 Å².